The summed E-state index contributed by atoms with van der Waals surface area (Å²) >= 11 is 0. The van der Waals surface area contributed by atoms with Gasteiger partial charge in [-0.15, -0.1) is 0 Å². The fourth-order valence-corrected chi connectivity index (χ4v) is 1.67. The number of carbonyl (C=O) groups is 1. The van der Waals surface area contributed by atoms with Gasteiger partial charge in [0.2, 0.25) is 0 Å². The number of carbonyl (C=O) groups excluding carboxylic acids is 1. The molecule has 2 rings (SSSR count). The molecule has 0 unspecified atom stereocenters. The van der Waals surface area contributed by atoms with Crippen LogP contribution in [0.5, 0.6) is 5.75 Å². The highest BCUT2D eigenvalue weighted by Gasteiger charge is 2.10. The first kappa shape index (κ1) is 13.5. The van der Waals surface area contributed by atoms with Gasteiger partial charge in [-0.25, -0.2) is 0 Å². The molecule has 2 aromatic rings. The lowest BCUT2D eigenvalue weighted by Crippen LogP contribution is -2.11. The number of hydrogen-bond donors (Lipinski definition) is 2. The highest BCUT2D eigenvalue weighted by atomic mass is 16.6. The molecule has 0 atom stereocenters. The predicted octanol–water partition coefficient (Wildman–Crippen LogP) is 2.86. The van der Waals surface area contributed by atoms with Crippen molar-refractivity contribution in [2.24, 2.45) is 0 Å². The molecule has 0 aromatic heterocycles. The molecule has 1 amide bonds. The Morgan fingerprint density at radius 1 is 1.20 bits per heavy atom. The van der Waals surface area contributed by atoms with Gasteiger partial charge in [-0.3, -0.25) is 14.9 Å². The fourth-order valence-electron chi connectivity index (χ4n) is 1.67. The third-order valence-corrected chi connectivity index (χ3v) is 2.79. The maximum absolute atomic E-state index is 11.9. The molecule has 0 aliphatic heterocycles. The second-order valence-corrected chi connectivity index (χ2v) is 4.26. The van der Waals surface area contributed by atoms with Crippen LogP contribution < -0.4 is 5.32 Å². The Morgan fingerprint density at radius 3 is 2.40 bits per heavy atom. The van der Waals surface area contributed by atoms with Gasteiger partial charge < -0.3 is 10.4 Å². The van der Waals surface area contributed by atoms with Crippen molar-refractivity contribution in [2.45, 2.75) is 6.92 Å². The van der Waals surface area contributed by atoms with Crippen LogP contribution in [0.4, 0.5) is 11.4 Å². The molecule has 0 spiro atoms. The average Bonchev–Trinajstić information content (AvgIpc) is 2.43. The fraction of sp³-hybridized carbons (Fsp3) is 0.0714. The number of nitro groups is 1. The third kappa shape index (κ3) is 2.92. The number of aromatic hydroxyl groups is 1. The molecule has 0 aliphatic rings. The smallest absolute Gasteiger partial charge is 0.269 e. The number of aryl methyl sites for hydroxylation is 1. The maximum atomic E-state index is 11.9. The molecule has 0 aliphatic carbocycles. The summed E-state index contributed by atoms with van der Waals surface area (Å²) in [5.74, 6) is -0.219. The van der Waals surface area contributed by atoms with Crippen molar-refractivity contribution >= 4 is 17.3 Å². The lowest BCUT2D eigenvalue weighted by atomic mass is 10.1. The van der Waals surface area contributed by atoms with E-state index in [2.05, 4.69) is 5.32 Å². The van der Waals surface area contributed by atoms with Gasteiger partial charge >= 0.3 is 0 Å². The number of rotatable bonds is 3. The number of nitro benzene ring substituents is 1. The number of benzene rings is 2. The molecular formula is C14H12N2O4. The van der Waals surface area contributed by atoms with E-state index in [4.69, 9.17) is 0 Å². The molecule has 0 bridgehead atoms. The molecule has 0 saturated carbocycles. The van der Waals surface area contributed by atoms with Crippen molar-refractivity contribution in [3.63, 3.8) is 0 Å². The highest BCUT2D eigenvalue weighted by Crippen LogP contribution is 2.21. The van der Waals surface area contributed by atoms with Crippen LogP contribution in [0.1, 0.15) is 15.9 Å². The molecule has 0 radical (unpaired) electrons. The number of nitrogens with one attached hydrogen (secondary N) is 1. The topological polar surface area (TPSA) is 92.5 Å². The minimum atomic E-state index is -0.523. The molecule has 6 heteroatoms. The first-order valence-corrected chi connectivity index (χ1v) is 5.83. The van der Waals surface area contributed by atoms with E-state index in [0.717, 1.165) is 0 Å². The van der Waals surface area contributed by atoms with Gasteiger partial charge in [-0.05, 0) is 42.8 Å². The lowest BCUT2D eigenvalue weighted by Gasteiger charge is -2.07. The second kappa shape index (κ2) is 5.40. The highest BCUT2D eigenvalue weighted by molar-refractivity contribution is 6.04. The van der Waals surface area contributed by atoms with Crippen LogP contribution >= 0.6 is 0 Å². The Labute approximate surface area is 114 Å². The van der Waals surface area contributed by atoms with E-state index in [0.29, 0.717) is 16.8 Å². The Hall–Kier alpha value is -2.89. The van der Waals surface area contributed by atoms with Crippen LogP contribution in [0.25, 0.3) is 0 Å². The minimum Gasteiger partial charge on any atom is -0.508 e. The van der Waals surface area contributed by atoms with E-state index < -0.39 is 4.92 Å². The average molecular weight is 272 g/mol. The SMILES string of the molecule is Cc1cc(NC(=O)c2ccc([N+](=O)[O-])cc2)ccc1O. The van der Waals surface area contributed by atoms with Gasteiger partial charge in [-0.2, -0.15) is 0 Å². The molecule has 2 aromatic carbocycles. The van der Waals surface area contributed by atoms with Crippen LogP contribution in [-0.2, 0) is 0 Å². The number of non-ortho nitro benzene ring substituents is 1. The van der Waals surface area contributed by atoms with Gasteiger partial charge in [0, 0.05) is 23.4 Å². The van der Waals surface area contributed by atoms with E-state index in [-0.39, 0.29) is 17.3 Å². The quantitative estimate of drug-likeness (QED) is 0.510. The molecule has 6 nitrogen and oxygen atoms in total. The van der Waals surface area contributed by atoms with Crippen molar-refractivity contribution in [3.8, 4) is 5.75 Å². The number of amides is 1. The van der Waals surface area contributed by atoms with Crippen molar-refractivity contribution in [2.75, 3.05) is 5.32 Å². The summed E-state index contributed by atoms with van der Waals surface area (Å²) in [6.45, 7) is 1.72. The summed E-state index contributed by atoms with van der Waals surface area (Å²) < 4.78 is 0. The summed E-state index contributed by atoms with van der Waals surface area (Å²) in [7, 11) is 0. The van der Waals surface area contributed by atoms with Crippen LogP contribution in [0.2, 0.25) is 0 Å². The number of hydrogen-bond acceptors (Lipinski definition) is 4. The third-order valence-electron chi connectivity index (χ3n) is 2.79. The maximum Gasteiger partial charge on any atom is 0.269 e. The Balaban J connectivity index is 2.15. The summed E-state index contributed by atoms with van der Waals surface area (Å²) in [5.41, 5.74) is 1.44. The number of nitrogens with zero attached hydrogens (tertiary/aromatic N) is 1. The van der Waals surface area contributed by atoms with Crippen LogP contribution in [0, 0.1) is 17.0 Å². The molecule has 2 N–H and O–H groups in total. The van der Waals surface area contributed by atoms with Gasteiger partial charge in [-0.1, -0.05) is 0 Å². The molecule has 102 valence electrons. The zero-order valence-corrected chi connectivity index (χ0v) is 10.7. The Kier molecular flexibility index (Phi) is 3.65. The predicted molar refractivity (Wildman–Crippen MR) is 73.9 cm³/mol. The van der Waals surface area contributed by atoms with Gasteiger partial charge in [0.05, 0.1) is 4.92 Å². The van der Waals surface area contributed by atoms with E-state index in [1.54, 1.807) is 19.1 Å². The van der Waals surface area contributed by atoms with E-state index >= 15 is 0 Å². The number of anilines is 1. The molecule has 0 fully saturated rings. The lowest BCUT2D eigenvalue weighted by molar-refractivity contribution is -0.384. The second-order valence-electron chi connectivity index (χ2n) is 4.26. The molecule has 0 heterocycles. The van der Waals surface area contributed by atoms with E-state index in [1.807, 2.05) is 0 Å². The molecular weight excluding hydrogens is 260 g/mol. The van der Waals surface area contributed by atoms with Crippen LogP contribution in [0.15, 0.2) is 42.5 Å². The van der Waals surface area contributed by atoms with Crippen molar-refractivity contribution in [1.29, 1.82) is 0 Å². The Bertz CT molecular complexity index is 665. The van der Waals surface area contributed by atoms with E-state index in [9.17, 15) is 20.0 Å². The normalized spacial score (nSPS) is 10.1. The van der Waals surface area contributed by atoms with Crippen LogP contribution in [0.3, 0.4) is 0 Å². The first-order valence-electron chi connectivity index (χ1n) is 5.83. The first-order chi connectivity index (χ1) is 9.47. The summed E-state index contributed by atoms with van der Waals surface area (Å²) in [6.07, 6.45) is 0. The number of phenols is 1. The summed E-state index contributed by atoms with van der Waals surface area (Å²) in [4.78, 5) is 21.9. The van der Waals surface area contributed by atoms with E-state index in [1.165, 1.54) is 30.3 Å². The van der Waals surface area contributed by atoms with Gasteiger partial charge in [0.15, 0.2) is 0 Å². The summed E-state index contributed by atoms with van der Waals surface area (Å²) in [5, 5.41) is 22.6. The summed E-state index contributed by atoms with van der Waals surface area (Å²) in [6, 6.07) is 10.0. The zero-order chi connectivity index (χ0) is 14.7. The number of phenolic OH excluding ortho intramolecular Hbond substituents is 1. The van der Waals surface area contributed by atoms with Gasteiger partial charge in [0.25, 0.3) is 11.6 Å². The standard InChI is InChI=1S/C14H12N2O4/c1-9-8-11(4-7-13(9)17)15-14(18)10-2-5-12(6-3-10)16(19)20/h2-8,17H,1H3,(H,15,18). The molecule has 0 saturated heterocycles. The minimum absolute atomic E-state index is 0.0676. The van der Waals surface area contributed by atoms with Gasteiger partial charge in [0.1, 0.15) is 5.75 Å². The monoisotopic (exact) mass is 272 g/mol. The van der Waals surface area contributed by atoms with Crippen molar-refractivity contribution in [3.05, 3.63) is 63.7 Å². The largest absolute Gasteiger partial charge is 0.508 e. The Morgan fingerprint density at radius 2 is 1.85 bits per heavy atom. The zero-order valence-electron chi connectivity index (χ0n) is 10.7. The van der Waals surface area contributed by atoms with Crippen molar-refractivity contribution < 1.29 is 14.8 Å². The van der Waals surface area contributed by atoms with Crippen LogP contribution in [-0.4, -0.2) is 15.9 Å². The molecule has 20 heavy (non-hydrogen) atoms. The van der Waals surface area contributed by atoms with Crippen molar-refractivity contribution in [1.82, 2.24) is 0 Å².